The van der Waals surface area contributed by atoms with Gasteiger partial charge in [0.2, 0.25) is 0 Å². The van der Waals surface area contributed by atoms with Crippen LogP contribution in [0.2, 0.25) is 0 Å². The quantitative estimate of drug-likeness (QED) is 0.456. The van der Waals surface area contributed by atoms with Gasteiger partial charge in [0.1, 0.15) is 0 Å². The molecule has 0 aliphatic carbocycles. The third kappa shape index (κ3) is 4.15. The number of nitrogens with zero attached hydrogens (tertiary/aromatic N) is 5. The number of hydrogen-bond acceptors (Lipinski definition) is 6. The molecule has 0 saturated heterocycles. The fourth-order valence-electron chi connectivity index (χ4n) is 3.26. The normalized spacial score (nSPS) is 14.0. The van der Waals surface area contributed by atoms with Crippen LogP contribution in [0.15, 0.2) is 29.5 Å². The summed E-state index contributed by atoms with van der Waals surface area (Å²) in [7, 11) is 0. The summed E-state index contributed by atoms with van der Waals surface area (Å²) in [6, 6.07) is 5.00. The van der Waals surface area contributed by atoms with E-state index in [9.17, 15) is 9.18 Å². The number of carbonyl (C=O) groups excluding carboxylic acids is 1. The summed E-state index contributed by atoms with van der Waals surface area (Å²) in [5.41, 5.74) is 2.48. The van der Waals surface area contributed by atoms with Gasteiger partial charge < -0.3 is 0 Å². The number of amides is 1. The molecule has 0 radical (unpaired) electrons. The summed E-state index contributed by atoms with van der Waals surface area (Å²) in [4.78, 5) is 19.3. The van der Waals surface area contributed by atoms with Crippen LogP contribution in [-0.2, 0) is 13.0 Å². The Bertz CT molecular complexity index is 1090. The van der Waals surface area contributed by atoms with E-state index in [0.717, 1.165) is 22.1 Å². The van der Waals surface area contributed by atoms with Gasteiger partial charge in [0.25, 0.3) is 0 Å². The van der Waals surface area contributed by atoms with Crippen molar-refractivity contribution in [3.8, 4) is 0 Å². The van der Waals surface area contributed by atoms with Gasteiger partial charge in [-0.15, -0.1) is 11.3 Å². The number of fused-ring (bicyclic) bond motifs is 1. The third-order valence-corrected chi connectivity index (χ3v) is 7.14. The average molecular weight is 604 g/mol. The molecule has 0 unspecified atom stereocenters. The van der Waals surface area contributed by atoms with Gasteiger partial charge in [0.05, 0.1) is 5.69 Å². The first-order valence-electron chi connectivity index (χ1n) is 9.33. The summed E-state index contributed by atoms with van der Waals surface area (Å²) in [6.07, 6.45) is 4.36. The molecule has 0 fully saturated rings. The summed E-state index contributed by atoms with van der Waals surface area (Å²) < 4.78 is 18.6. The zero-order chi connectivity index (χ0) is 20.5. The molecule has 3 aromatic rings. The molecule has 1 amide bonds. The van der Waals surface area contributed by atoms with Gasteiger partial charge in [-0.25, -0.2) is 4.98 Å². The van der Waals surface area contributed by atoms with Crippen LogP contribution in [0.1, 0.15) is 33.5 Å². The van der Waals surface area contributed by atoms with Gasteiger partial charge >= 0.3 is 126 Å². The second-order valence-corrected chi connectivity index (χ2v) is 10.6. The number of hydrazone groups is 1. The second-order valence-electron chi connectivity index (χ2n) is 6.82. The van der Waals surface area contributed by atoms with E-state index in [1.54, 1.807) is 28.8 Å². The van der Waals surface area contributed by atoms with Crippen LogP contribution in [0.25, 0.3) is 4.96 Å². The molecule has 1 N–H and O–H groups in total. The fourth-order valence-corrected chi connectivity index (χ4v) is 4.79. The van der Waals surface area contributed by atoms with Crippen molar-refractivity contribution in [1.29, 1.82) is 0 Å². The molecule has 1 aromatic carbocycles. The Morgan fingerprint density at radius 3 is 2.90 bits per heavy atom. The minimum atomic E-state index is -0.340. The van der Waals surface area contributed by atoms with Crippen LogP contribution < -0.4 is 10.3 Å². The van der Waals surface area contributed by atoms with Crippen LogP contribution in [0.4, 0.5) is 10.1 Å². The third-order valence-electron chi connectivity index (χ3n) is 4.72. The number of benzene rings is 1. The van der Waals surface area contributed by atoms with Crippen LogP contribution in [0, 0.1) is 12.7 Å². The predicted octanol–water partition coefficient (Wildman–Crippen LogP) is 2.48. The Morgan fingerprint density at radius 2 is 2.21 bits per heavy atom. The van der Waals surface area contributed by atoms with Crippen molar-refractivity contribution in [2.75, 3.05) is 18.1 Å². The van der Waals surface area contributed by atoms with Gasteiger partial charge in [-0.3, -0.25) is 4.40 Å². The standard InChI is InChI=1S/C19H21FN6OS.Tl/c1-3-15-17(25-10-12(2)28-19(25)24-15)18(27)22-9-13-4-5-16(14(20)8-13)26-7-6-21-11-23-26;/h4-5,8,10-11H,3,6-7,9H2,1-2H3,(H2,21,22,23,27);/q;+1/p-1. The number of rotatable bonds is 5. The summed E-state index contributed by atoms with van der Waals surface area (Å²) in [6.45, 7) is 5.73. The number of aryl methyl sites for hydroxylation is 2. The number of thiazole rings is 1. The van der Waals surface area contributed by atoms with Crippen molar-refractivity contribution in [2.24, 2.45) is 5.10 Å². The molecular formula is C19H20FN6OSTl. The maximum absolute atomic E-state index is 14.6. The molecule has 29 heavy (non-hydrogen) atoms. The SMILES string of the molecule is CCc1nc2sc(C)cn2c1C(=O)NCc1ccc(N2CC[N]([Tl])C=N2)c(F)c1. The molecular weight excluding hydrogens is 584 g/mol. The summed E-state index contributed by atoms with van der Waals surface area (Å²) in [5, 5.41) is 8.86. The number of imidazole rings is 1. The van der Waals surface area contributed by atoms with Crippen molar-refractivity contribution < 1.29 is 9.18 Å². The van der Waals surface area contributed by atoms with E-state index in [-0.39, 0.29) is 18.3 Å². The Balaban J connectivity index is 1.49. The summed E-state index contributed by atoms with van der Waals surface area (Å²) >= 11 is 2.26. The Labute approximate surface area is 188 Å². The van der Waals surface area contributed by atoms with Crippen LogP contribution >= 0.6 is 11.3 Å². The molecule has 3 heterocycles. The number of aromatic nitrogens is 2. The summed E-state index contributed by atoms with van der Waals surface area (Å²) in [5.74, 6) is -0.544. The molecule has 2 aromatic heterocycles. The molecule has 10 heteroatoms. The van der Waals surface area contributed by atoms with Crippen molar-refractivity contribution in [1.82, 2.24) is 17.4 Å². The van der Waals surface area contributed by atoms with Gasteiger partial charge in [-0.1, -0.05) is 6.92 Å². The van der Waals surface area contributed by atoms with E-state index in [4.69, 9.17) is 0 Å². The van der Waals surface area contributed by atoms with E-state index >= 15 is 0 Å². The van der Waals surface area contributed by atoms with Crippen molar-refractivity contribution in [3.63, 3.8) is 0 Å². The molecule has 0 saturated carbocycles. The van der Waals surface area contributed by atoms with Gasteiger partial charge in [-0.05, 0) is 13.3 Å². The first-order valence-corrected chi connectivity index (χ1v) is 12.2. The molecule has 148 valence electrons. The van der Waals surface area contributed by atoms with Gasteiger partial charge in [0.15, 0.2) is 4.96 Å². The molecule has 0 atom stereocenters. The number of carbonyl (C=O) groups is 1. The fraction of sp³-hybridized carbons (Fsp3) is 0.316. The molecule has 1 aliphatic heterocycles. The predicted molar refractivity (Wildman–Crippen MR) is 113 cm³/mol. The first kappa shape index (κ1) is 20.3. The molecule has 1 aliphatic rings. The molecule has 0 spiro atoms. The van der Waals surface area contributed by atoms with Crippen molar-refractivity contribution in [3.05, 3.63) is 52.0 Å². The average Bonchev–Trinajstić information content (AvgIpc) is 3.22. The second kappa shape index (κ2) is 8.38. The molecule has 0 bridgehead atoms. The Hall–Kier alpha value is -2.02. The van der Waals surface area contributed by atoms with E-state index in [2.05, 4.69) is 18.1 Å². The zero-order valence-corrected chi connectivity index (χ0v) is 21.5. The van der Waals surface area contributed by atoms with Crippen LogP contribution in [-0.4, -0.2) is 63.5 Å². The number of nitrogens with one attached hydrogen (secondary N) is 1. The Morgan fingerprint density at radius 1 is 1.38 bits per heavy atom. The van der Waals surface area contributed by atoms with E-state index < -0.39 is 0 Å². The van der Waals surface area contributed by atoms with E-state index in [1.165, 1.54) is 6.07 Å². The van der Waals surface area contributed by atoms with E-state index in [1.807, 2.05) is 30.5 Å². The zero-order valence-electron chi connectivity index (χ0n) is 16.2. The van der Waals surface area contributed by atoms with Crippen LogP contribution in [0.5, 0.6) is 0 Å². The van der Waals surface area contributed by atoms with E-state index in [0.29, 0.717) is 56.0 Å². The maximum atomic E-state index is 14.6. The van der Waals surface area contributed by atoms with Crippen LogP contribution in [0.3, 0.4) is 0 Å². The molecule has 7 nitrogen and oxygen atoms in total. The number of anilines is 1. The minimum absolute atomic E-state index is 0.203. The van der Waals surface area contributed by atoms with Gasteiger partial charge in [0, 0.05) is 11.1 Å². The van der Waals surface area contributed by atoms with Gasteiger partial charge in [-0.2, -0.15) is 0 Å². The topological polar surface area (TPSA) is 65.2 Å². The monoisotopic (exact) mass is 604 g/mol. The first-order chi connectivity index (χ1) is 14.0. The molecule has 4 rings (SSSR count). The Kier molecular flexibility index (Phi) is 5.86. The number of halogens is 1. The van der Waals surface area contributed by atoms with Crippen molar-refractivity contribution >= 4 is 60.3 Å². The number of hydrogen-bond donors (Lipinski definition) is 1. The van der Waals surface area contributed by atoms with Crippen molar-refractivity contribution in [2.45, 2.75) is 26.8 Å².